The molecule has 0 bridgehead atoms. The molecular formula is C18H36O. The Labute approximate surface area is 121 Å². The Morgan fingerprint density at radius 2 is 1.53 bits per heavy atom. The molecule has 0 N–H and O–H groups in total. The SMILES string of the molecule is CCCCCCC(CCCC(=O)C(C)(C)C)C(C)C. The highest BCUT2D eigenvalue weighted by Gasteiger charge is 2.21. The summed E-state index contributed by atoms with van der Waals surface area (Å²) < 4.78 is 0. The lowest BCUT2D eigenvalue weighted by molar-refractivity contribution is -0.126. The van der Waals surface area contributed by atoms with Crippen molar-refractivity contribution in [1.82, 2.24) is 0 Å². The molecule has 0 saturated heterocycles. The van der Waals surface area contributed by atoms with Crippen LogP contribution in [0.5, 0.6) is 0 Å². The van der Waals surface area contributed by atoms with Gasteiger partial charge < -0.3 is 0 Å². The smallest absolute Gasteiger partial charge is 0.138 e. The van der Waals surface area contributed by atoms with Crippen LogP contribution >= 0.6 is 0 Å². The molecule has 0 heterocycles. The van der Waals surface area contributed by atoms with Gasteiger partial charge in [-0.25, -0.2) is 0 Å². The molecule has 0 aromatic carbocycles. The molecule has 0 aromatic rings. The second-order valence-corrected chi connectivity index (χ2v) is 7.42. The molecule has 0 amide bonds. The molecule has 0 rings (SSSR count). The molecule has 1 nitrogen and oxygen atoms in total. The van der Waals surface area contributed by atoms with Gasteiger partial charge in [0.2, 0.25) is 0 Å². The number of carbonyl (C=O) groups is 1. The maximum Gasteiger partial charge on any atom is 0.138 e. The number of rotatable bonds is 10. The molecular weight excluding hydrogens is 232 g/mol. The average Bonchev–Trinajstić information content (AvgIpc) is 2.30. The van der Waals surface area contributed by atoms with Crippen LogP contribution in [0.3, 0.4) is 0 Å². The third-order valence-corrected chi connectivity index (χ3v) is 4.19. The number of ketones is 1. The topological polar surface area (TPSA) is 17.1 Å². The van der Waals surface area contributed by atoms with Crippen LogP contribution in [0.1, 0.15) is 92.9 Å². The molecule has 0 aromatic heterocycles. The van der Waals surface area contributed by atoms with E-state index < -0.39 is 0 Å². The van der Waals surface area contributed by atoms with Crippen LogP contribution in [0.15, 0.2) is 0 Å². The highest BCUT2D eigenvalue weighted by atomic mass is 16.1. The zero-order valence-electron chi connectivity index (χ0n) is 14.2. The monoisotopic (exact) mass is 268 g/mol. The molecule has 114 valence electrons. The predicted octanol–water partition coefficient (Wildman–Crippen LogP) is 6.01. The summed E-state index contributed by atoms with van der Waals surface area (Å²) in [5.74, 6) is 1.98. The van der Waals surface area contributed by atoms with E-state index >= 15 is 0 Å². The van der Waals surface area contributed by atoms with E-state index in [1.54, 1.807) is 0 Å². The molecule has 0 fully saturated rings. The van der Waals surface area contributed by atoms with Gasteiger partial charge in [-0.2, -0.15) is 0 Å². The molecule has 0 spiro atoms. The fourth-order valence-electron chi connectivity index (χ4n) is 2.54. The van der Waals surface area contributed by atoms with Gasteiger partial charge in [0.1, 0.15) is 5.78 Å². The third-order valence-electron chi connectivity index (χ3n) is 4.19. The van der Waals surface area contributed by atoms with Gasteiger partial charge in [0.05, 0.1) is 0 Å². The van der Waals surface area contributed by atoms with E-state index in [0.717, 1.165) is 24.7 Å². The fraction of sp³-hybridized carbons (Fsp3) is 0.944. The molecule has 0 aliphatic carbocycles. The van der Waals surface area contributed by atoms with Crippen molar-refractivity contribution in [2.45, 2.75) is 92.9 Å². The van der Waals surface area contributed by atoms with Crippen LogP contribution in [0.4, 0.5) is 0 Å². The van der Waals surface area contributed by atoms with Gasteiger partial charge in [-0.3, -0.25) is 4.79 Å². The minimum atomic E-state index is -0.158. The Bertz CT molecular complexity index is 235. The summed E-state index contributed by atoms with van der Waals surface area (Å²) in [6.45, 7) is 13.0. The molecule has 0 aliphatic heterocycles. The standard InChI is InChI=1S/C18H36O/c1-7-8-9-10-12-16(15(2)3)13-11-14-17(19)18(4,5)6/h15-16H,7-14H2,1-6H3. The minimum Gasteiger partial charge on any atom is -0.299 e. The van der Waals surface area contributed by atoms with Crippen molar-refractivity contribution in [1.29, 1.82) is 0 Å². The summed E-state index contributed by atoms with van der Waals surface area (Å²) in [6, 6.07) is 0. The second kappa shape index (κ2) is 9.55. The van der Waals surface area contributed by atoms with Crippen molar-refractivity contribution in [3.05, 3.63) is 0 Å². The Morgan fingerprint density at radius 3 is 2.00 bits per heavy atom. The molecule has 0 aliphatic rings. The Morgan fingerprint density at radius 1 is 0.947 bits per heavy atom. The zero-order chi connectivity index (χ0) is 14.9. The van der Waals surface area contributed by atoms with Crippen LogP contribution in [-0.2, 0) is 4.79 Å². The second-order valence-electron chi connectivity index (χ2n) is 7.42. The minimum absolute atomic E-state index is 0.158. The first-order valence-corrected chi connectivity index (χ1v) is 8.32. The van der Waals surface area contributed by atoms with Crippen LogP contribution in [0.25, 0.3) is 0 Å². The number of carbonyl (C=O) groups excluding carboxylic acids is 1. The first-order valence-electron chi connectivity index (χ1n) is 8.32. The van der Waals surface area contributed by atoms with Crippen molar-refractivity contribution in [2.75, 3.05) is 0 Å². The van der Waals surface area contributed by atoms with E-state index in [2.05, 4.69) is 20.8 Å². The number of hydrogen-bond donors (Lipinski definition) is 0. The van der Waals surface area contributed by atoms with Crippen molar-refractivity contribution < 1.29 is 4.79 Å². The van der Waals surface area contributed by atoms with Crippen LogP contribution in [-0.4, -0.2) is 5.78 Å². The lowest BCUT2D eigenvalue weighted by Gasteiger charge is -2.22. The van der Waals surface area contributed by atoms with Crippen LogP contribution < -0.4 is 0 Å². The van der Waals surface area contributed by atoms with E-state index in [4.69, 9.17) is 0 Å². The van der Waals surface area contributed by atoms with E-state index in [0.29, 0.717) is 5.78 Å². The Balaban J connectivity index is 3.92. The quantitative estimate of drug-likeness (QED) is 0.443. The van der Waals surface area contributed by atoms with Crippen molar-refractivity contribution >= 4 is 5.78 Å². The maximum atomic E-state index is 11.9. The number of Topliss-reactive ketones (excluding diaryl/α,β-unsaturated/α-hetero) is 1. The maximum absolute atomic E-state index is 11.9. The number of hydrogen-bond acceptors (Lipinski definition) is 1. The van der Waals surface area contributed by atoms with Gasteiger partial charge in [-0.05, 0) is 24.7 Å². The predicted molar refractivity (Wildman–Crippen MR) is 85.4 cm³/mol. The summed E-state index contributed by atoms with van der Waals surface area (Å²) in [7, 11) is 0. The molecule has 0 radical (unpaired) electrons. The first kappa shape index (κ1) is 18.7. The summed E-state index contributed by atoms with van der Waals surface area (Å²) in [5.41, 5.74) is -0.158. The average molecular weight is 268 g/mol. The van der Waals surface area contributed by atoms with Gasteiger partial charge in [-0.1, -0.05) is 73.6 Å². The van der Waals surface area contributed by atoms with Gasteiger partial charge >= 0.3 is 0 Å². The Kier molecular flexibility index (Phi) is 9.39. The van der Waals surface area contributed by atoms with E-state index in [-0.39, 0.29) is 5.41 Å². The van der Waals surface area contributed by atoms with Crippen molar-refractivity contribution in [2.24, 2.45) is 17.3 Å². The lowest BCUT2D eigenvalue weighted by Crippen LogP contribution is -2.20. The van der Waals surface area contributed by atoms with E-state index in [1.807, 2.05) is 20.8 Å². The molecule has 19 heavy (non-hydrogen) atoms. The zero-order valence-corrected chi connectivity index (χ0v) is 14.2. The van der Waals surface area contributed by atoms with Crippen LogP contribution in [0.2, 0.25) is 0 Å². The van der Waals surface area contributed by atoms with E-state index in [1.165, 1.54) is 38.5 Å². The molecule has 1 atom stereocenters. The first-order chi connectivity index (χ1) is 8.79. The van der Waals surface area contributed by atoms with Crippen LogP contribution in [0, 0.1) is 17.3 Å². The highest BCUT2D eigenvalue weighted by molar-refractivity contribution is 5.83. The van der Waals surface area contributed by atoms with Gasteiger partial charge in [-0.15, -0.1) is 0 Å². The lowest BCUT2D eigenvalue weighted by atomic mass is 9.83. The van der Waals surface area contributed by atoms with Crippen molar-refractivity contribution in [3.63, 3.8) is 0 Å². The van der Waals surface area contributed by atoms with Gasteiger partial charge in [0, 0.05) is 11.8 Å². The Hall–Kier alpha value is -0.330. The number of unbranched alkanes of at least 4 members (excludes halogenated alkanes) is 3. The summed E-state index contributed by atoms with van der Waals surface area (Å²) >= 11 is 0. The summed E-state index contributed by atoms with van der Waals surface area (Å²) in [4.78, 5) is 11.9. The molecule has 1 heteroatoms. The molecule has 1 unspecified atom stereocenters. The third kappa shape index (κ3) is 9.24. The normalized spacial score (nSPS) is 13.8. The highest BCUT2D eigenvalue weighted by Crippen LogP contribution is 2.26. The van der Waals surface area contributed by atoms with Gasteiger partial charge in [0.25, 0.3) is 0 Å². The summed E-state index contributed by atoms with van der Waals surface area (Å²) in [5, 5.41) is 0. The van der Waals surface area contributed by atoms with Crippen molar-refractivity contribution in [3.8, 4) is 0 Å². The van der Waals surface area contributed by atoms with E-state index in [9.17, 15) is 4.79 Å². The largest absolute Gasteiger partial charge is 0.299 e. The molecule has 0 saturated carbocycles. The summed E-state index contributed by atoms with van der Waals surface area (Å²) in [6.07, 6.45) is 9.84. The fourth-order valence-corrected chi connectivity index (χ4v) is 2.54. The van der Waals surface area contributed by atoms with Gasteiger partial charge in [0.15, 0.2) is 0 Å².